The van der Waals surface area contributed by atoms with Crippen LogP contribution in [0, 0.1) is 0 Å². The fourth-order valence-electron chi connectivity index (χ4n) is 1.58. The minimum Gasteiger partial charge on any atom is -0.397 e. The Morgan fingerprint density at radius 2 is 1.90 bits per heavy atom. The first-order valence-corrected chi connectivity index (χ1v) is 7.58. The second-order valence-electron chi connectivity index (χ2n) is 3.94. The number of carbonyl (C=O) groups excluding carboxylic acids is 1. The molecule has 1 aromatic carbocycles. The highest BCUT2D eigenvalue weighted by Gasteiger charge is 2.07. The van der Waals surface area contributed by atoms with Crippen molar-refractivity contribution in [2.75, 3.05) is 5.73 Å². The van der Waals surface area contributed by atoms with E-state index in [0.29, 0.717) is 11.4 Å². The van der Waals surface area contributed by atoms with Gasteiger partial charge in [-0.2, -0.15) is 0 Å². The van der Waals surface area contributed by atoms with Gasteiger partial charge in [0.05, 0.1) is 5.69 Å². The molecule has 1 aromatic heterocycles. The monoisotopic (exact) mass is 288 g/mol. The molecule has 20 heavy (non-hydrogen) atoms. The van der Waals surface area contributed by atoms with Crippen molar-refractivity contribution in [2.45, 2.75) is 31.4 Å². The van der Waals surface area contributed by atoms with Gasteiger partial charge in [0, 0.05) is 23.8 Å². The Kier molecular flexibility index (Phi) is 6.81. The quantitative estimate of drug-likeness (QED) is 0.677. The third-order valence-corrected chi connectivity index (χ3v) is 3.51. The van der Waals surface area contributed by atoms with Crippen molar-refractivity contribution >= 4 is 23.2 Å². The first kappa shape index (κ1) is 16.2. The van der Waals surface area contributed by atoms with Gasteiger partial charge in [0.1, 0.15) is 5.69 Å². The molecule has 0 fully saturated rings. The molecule has 106 valence electrons. The van der Waals surface area contributed by atoms with Crippen LogP contribution in [0.15, 0.2) is 47.5 Å². The third-order valence-electron chi connectivity index (χ3n) is 2.47. The molecule has 2 rings (SSSR count). The maximum atomic E-state index is 11.2. The van der Waals surface area contributed by atoms with Crippen molar-refractivity contribution in [2.24, 2.45) is 0 Å². The van der Waals surface area contributed by atoms with E-state index in [-0.39, 0.29) is 5.78 Å². The van der Waals surface area contributed by atoms with Gasteiger partial charge in [0.2, 0.25) is 0 Å². The van der Waals surface area contributed by atoms with Crippen LogP contribution in [0.25, 0.3) is 0 Å². The average Bonchev–Trinajstić information content (AvgIpc) is 2.48. The van der Waals surface area contributed by atoms with Crippen molar-refractivity contribution in [3.05, 3.63) is 53.9 Å². The number of anilines is 1. The molecule has 0 aliphatic heterocycles. The summed E-state index contributed by atoms with van der Waals surface area (Å²) >= 11 is 1.65. The van der Waals surface area contributed by atoms with Crippen LogP contribution in [0.2, 0.25) is 0 Å². The molecule has 2 aromatic rings. The average molecular weight is 288 g/mol. The summed E-state index contributed by atoms with van der Waals surface area (Å²) in [5.74, 6) is 0.758. The minimum atomic E-state index is -0.105. The summed E-state index contributed by atoms with van der Waals surface area (Å²) in [6, 6.07) is 12.0. The van der Waals surface area contributed by atoms with Gasteiger partial charge in [0.25, 0.3) is 0 Å². The van der Waals surface area contributed by atoms with Gasteiger partial charge in [0.15, 0.2) is 5.78 Å². The second kappa shape index (κ2) is 8.38. The summed E-state index contributed by atoms with van der Waals surface area (Å²) in [5, 5.41) is 0. The van der Waals surface area contributed by atoms with E-state index in [9.17, 15) is 4.79 Å². The number of thioether (sulfide) groups is 1. The van der Waals surface area contributed by atoms with E-state index in [4.69, 9.17) is 5.73 Å². The van der Waals surface area contributed by atoms with E-state index < -0.39 is 0 Å². The minimum absolute atomic E-state index is 0.105. The van der Waals surface area contributed by atoms with Gasteiger partial charge < -0.3 is 5.73 Å². The zero-order valence-electron chi connectivity index (χ0n) is 12.1. The lowest BCUT2D eigenvalue weighted by molar-refractivity contribution is 0.101. The summed E-state index contributed by atoms with van der Waals surface area (Å²) in [5.41, 5.74) is 7.83. The van der Waals surface area contributed by atoms with Gasteiger partial charge in [-0.3, -0.25) is 4.79 Å². The number of aromatic nitrogens is 1. The van der Waals surface area contributed by atoms with Crippen LogP contribution in [-0.4, -0.2) is 10.8 Å². The SMILES string of the molecule is CC.CC(=O)c1ncc(SCc2ccccc2)cc1N. The maximum absolute atomic E-state index is 11.2. The van der Waals surface area contributed by atoms with Crippen LogP contribution in [-0.2, 0) is 5.75 Å². The number of hydrogen-bond donors (Lipinski definition) is 1. The summed E-state index contributed by atoms with van der Waals surface area (Å²) in [4.78, 5) is 16.3. The van der Waals surface area contributed by atoms with Gasteiger partial charge in [-0.05, 0) is 11.6 Å². The normalized spacial score (nSPS) is 9.55. The molecule has 0 aliphatic rings. The van der Waals surface area contributed by atoms with Gasteiger partial charge >= 0.3 is 0 Å². The lowest BCUT2D eigenvalue weighted by Crippen LogP contribution is -2.02. The molecular weight excluding hydrogens is 268 g/mol. The van der Waals surface area contributed by atoms with Crippen molar-refractivity contribution in [1.82, 2.24) is 4.98 Å². The topological polar surface area (TPSA) is 56.0 Å². The van der Waals surface area contributed by atoms with Gasteiger partial charge in [-0.1, -0.05) is 44.2 Å². The molecule has 0 atom stereocenters. The first-order chi connectivity index (χ1) is 9.66. The lowest BCUT2D eigenvalue weighted by atomic mass is 10.2. The highest BCUT2D eigenvalue weighted by Crippen LogP contribution is 2.24. The third kappa shape index (κ3) is 4.70. The van der Waals surface area contributed by atoms with E-state index in [0.717, 1.165) is 10.6 Å². The largest absolute Gasteiger partial charge is 0.397 e. The molecule has 0 saturated carbocycles. The zero-order chi connectivity index (χ0) is 15.0. The number of Topliss-reactive ketones (excluding diaryl/α,β-unsaturated/α-hetero) is 1. The molecule has 0 radical (unpaired) electrons. The predicted octanol–water partition coefficient (Wildman–Crippen LogP) is 4.18. The molecule has 0 bridgehead atoms. The number of pyridine rings is 1. The Labute approximate surface area is 124 Å². The van der Waals surface area contributed by atoms with Crippen molar-refractivity contribution < 1.29 is 4.79 Å². The van der Waals surface area contributed by atoms with E-state index >= 15 is 0 Å². The molecule has 2 N–H and O–H groups in total. The summed E-state index contributed by atoms with van der Waals surface area (Å²) in [6.45, 7) is 5.47. The number of hydrogen-bond acceptors (Lipinski definition) is 4. The molecule has 0 spiro atoms. The van der Waals surface area contributed by atoms with Crippen LogP contribution >= 0.6 is 11.8 Å². The van der Waals surface area contributed by atoms with Gasteiger partial charge in [-0.15, -0.1) is 11.8 Å². The molecule has 4 heteroatoms. The van der Waals surface area contributed by atoms with Crippen LogP contribution < -0.4 is 5.73 Å². The van der Waals surface area contributed by atoms with Crippen LogP contribution in [0.3, 0.4) is 0 Å². The Hall–Kier alpha value is -1.81. The fraction of sp³-hybridized carbons (Fsp3) is 0.250. The number of ketones is 1. The second-order valence-corrected chi connectivity index (χ2v) is 4.99. The van der Waals surface area contributed by atoms with E-state index in [1.165, 1.54) is 12.5 Å². The fourth-order valence-corrected chi connectivity index (χ4v) is 2.44. The maximum Gasteiger partial charge on any atom is 0.180 e. The smallest absolute Gasteiger partial charge is 0.180 e. The molecule has 1 heterocycles. The first-order valence-electron chi connectivity index (χ1n) is 6.60. The lowest BCUT2D eigenvalue weighted by Gasteiger charge is -2.05. The van der Waals surface area contributed by atoms with Crippen molar-refractivity contribution in [3.8, 4) is 0 Å². The summed E-state index contributed by atoms with van der Waals surface area (Å²) < 4.78 is 0. The predicted molar refractivity (Wildman–Crippen MR) is 86.0 cm³/mol. The number of benzene rings is 1. The number of rotatable bonds is 4. The molecule has 0 saturated heterocycles. The van der Waals surface area contributed by atoms with E-state index in [1.54, 1.807) is 24.0 Å². The standard InChI is InChI=1S/C14H14N2OS.C2H6/c1-10(17)14-13(15)7-12(8-16-14)18-9-11-5-3-2-4-6-11;1-2/h2-8H,9,15H2,1H3;1-2H3. The summed E-state index contributed by atoms with van der Waals surface area (Å²) in [7, 11) is 0. The summed E-state index contributed by atoms with van der Waals surface area (Å²) in [6.07, 6.45) is 1.70. The molecule has 0 amide bonds. The number of nitrogens with two attached hydrogens (primary N) is 1. The number of nitrogens with zero attached hydrogens (tertiary/aromatic N) is 1. The molecule has 0 aliphatic carbocycles. The zero-order valence-corrected chi connectivity index (χ0v) is 12.9. The highest BCUT2D eigenvalue weighted by molar-refractivity contribution is 7.98. The number of carbonyl (C=O) groups is 1. The number of nitrogen functional groups attached to an aromatic ring is 1. The Morgan fingerprint density at radius 3 is 2.45 bits per heavy atom. The van der Waals surface area contributed by atoms with Crippen LogP contribution in [0.4, 0.5) is 5.69 Å². The Morgan fingerprint density at radius 1 is 1.25 bits per heavy atom. The van der Waals surface area contributed by atoms with Crippen molar-refractivity contribution in [1.29, 1.82) is 0 Å². The molecular formula is C16H20N2OS. The highest BCUT2D eigenvalue weighted by atomic mass is 32.2. The van der Waals surface area contributed by atoms with Crippen molar-refractivity contribution in [3.63, 3.8) is 0 Å². The van der Waals surface area contributed by atoms with E-state index in [2.05, 4.69) is 17.1 Å². The Balaban J connectivity index is 0.000000956. The Bertz CT molecular complexity index is 556. The van der Waals surface area contributed by atoms with Gasteiger partial charge in [-0.25, -0.2) is 4.98 Å². The van der Waals surface area contributed by atoms with E-state index in [1.807, 2.05) is 32.0 Å². The molecule has 0 unspecified atom stereocenters. The van der Waals surface area contributed by atoms with Crippen LogP contribution in [0.1, 0.15) is 36.8 Å². The molecule has 3 nitrogen and oxygen atoms in total. The van der Waals surface area contributed by atoms with Crippen LogP contribution in [0.5, 0.6) is 0 Å².